The van der Waals surface area contributed by atoms with Crippen LogP contribution in [-0.4, -0.2) is 19.6 Å². The molecule has 104 valence electrons. The van der Waals surface area contributed by atoms with Crippen LogP contribution in [0.15, 0.2) is 36.3 Å². The van der Waals surface area contributed by atoms with Gasteiger partial charge in [0.2, 0.25) is 0 Å². The van der Waals surface area contributed by atoms with Gasteiger partial charge in [-0.1, -0.05) is 0 Å². The molecule has 0 bridgehead atoms. The molecule has 1 aliphatic rings. The van der Waals surface area contributed by atoms with Gasteiger partial charge < -0.3 is 15.4 Å². The normalized spacial score (nSPS) is 19.0. The van der Waals surface area contributed by atoms with Crippen molar-refractivity contribution in [3.8, 4) is 0 Å². The Balaban J connectivity index is 2.20. The number of halogens is 1. The zero-order valence-electron chi connectivity index (χ0n) is 11.0. The SMILES string of the molecule is CCn1cc(C2C=C(F)C=C(O)C2)c2c(N)ncnc21. The molecule has 2 aromatic heterocycles. The molecule has 0 saturated heterocycles. The summed E-state index contributed by atoms with van der Waals surface area (Å²) in [5.74, 6) is -0.293. The summed E-state index contributed by atoms with van der Waals surface area (Å²) in [4.78, 5) is 8.26. The number of rotatable bonds is 2. The molecular weight excluding hydrogens is 259 g/mol. The molecule has 2 aromatic rings. The third-order valence-electron chi connectivity index (χ3n) is 3.55. The fourth-order valence-electron chi connectivity index (χ4n) is 2.64. The number of anilines is 1. The summed E-state index contributed by atoms with van der Waals surface area (Å²) >= 11 is 0. The zero-order chi connectivity index (χ0) is 14.3. The van der Waals surface area contributed by atoms with Crippen molar-refractivity contribution in [2.24, 2.45) is 0 Å². The van der Waals surface area contributed by atoms with Crippen LogP contribution in [-0.2, 0) is 6.54 Å². The van der Waals surface area contributed by atoms with E-state index >= 15 is 0 Å². The number of allylic oxidation sites excluding steroid dienone is 4. The molecule has 0 radical (unpaired) electrons. The Labute approximate surface area is 115 Å². The van der Waals surface area contributed by atoms with Crippen molar-refractivity contribution >= 4 is 16.9 Å². The third-order valence-corrected chi connectivity index (χ3v) is 3.55. The van der Waals surface area contributed by atoms with Crippen LogP contribution in [0.4, 0.5) is 10.2 Å². The minimum atomic E-state index is -0.438. The molecule has 1 atom stereocenters. The van der Waals surface area contributed by atoms with Gasteiger partial charge in [-0.15, -0.1) is 0 Å². The predicted octanol–water partition coefficient (Wildman–Crippen LogP) is 2.82. The summed E-state index contributed by atoms with van der Waals surface area (Å²) in [5.41, 5.74) is 7.52. The van der Waals surface area contributed by atoms with E-state index in [4.69, 9.17) is 5.73 Å². The van der Waals surface area contributed by atoms with E-state index in [0.717, 1.165) is 29.2 Å². The quantitative estimate of drug-likeness (QED) is 0.882. The summed E-state index contributed by atoms with van der Waals surface area (Å²) < 4.78 is 15.5. The van der Waals surface area contributed by atoms with Crippen molar-refractivity contribution in [2.75, 3.05) is 5.73 Å². The highest BCUT2D eigenvalue weighted by Gasteiger charge is 2.23. The lowest BCUT2D eigenvalue weighted by Gasteiger charge is -2.15. The largest absolute Gasteiger partial charge is 0.512 e. The van der Waals surface area contributed by atoms with Crippen LogP contribution in [0.3, 0.4) is 0 Å². The van der Waals surface area contributed by atoms with E-state index in [1.807, 2.05) is 17.7 Å². The first-order valence-electron chi connectivity index (χ1n) is 6.46. The van der Waals surface area contributed by atoms with Crippen molar-refractivity contribution in [3.63, 3.8) is 0 Å². The standard InChI is InChI=1S/C14H15FN4O/c1-2-19-6-11(8-3-9(15)5-10(20)4-8)12-13(16)17-7-18-14(12)19/h3,5-8,20H,2,4H2,1H3,(H2,16,17,18). The molecule has 0 fully saturated rings. The van der Waals surface area contributed by atoms with Crippen molar-refractivity contribution in [2.45, 2.75) is 25.8 Å². The minimum Gasteiger partial charge on any atom is -0.512 e. The van der Waals surface area contributed by atoms with Crippen molar-refractivity contribution in [3.05, 3.63) is 41.8 Å². The second-order valence-corrected chi connectivity index (χ2v) is 4.83. The van der Waals surface area contributed by atoms with E-state index in [-0.39, 0.29) is 11.7 Å². The number of aliphatic hydroxyl groups excluding tert-OH is 1. The third kappa shape index (κ3) is 1.93. The maximum absolute atomic E-state index is 13.5. The molecule has 0 amide bonds. The average Bonchev–Trinajstić information content (AvgIpc) is 2.78. The number of aryl methyl sites for hydroxylation is 1. The summed E-state index contributed by atoms with van der Waals surface area (Å²) in [5, 5.41) is 10.4. The highest BCUT2D eigenvalue weighted by Crippen LogP contribution is 2.36. The van der Waals surface area contributed by atoms with Gasteiger partial charge in [0.05, 0.1) is 11.1 Å². The van der Waals surface area contributed by atoms with Crippen molar-refractivity contribution in [1.82, 2.24) is 14.5 Å². The van der Waals surface area contributed by atoms with E-state index in [2.05, 4.69) is 9.97 Å². The van der Waals surface area contributed by atoms with Gasteiger partial charge >= 0.3 is 0 Å². The number of aliphatic hydroxyl groups is 1. The number of hydrogen-bond acceptors (Lipinski definition) is 4. The molecule has 6 heteroatoms. The first kappa shape index (κ1) is 12.7. The molecule has 2 heterocycles. The van der Waals surface area contributed by atoms with Gasteiger partial charge in [-0.25, -0.2) is 14.4 Å². The van der Waals surface area contributed by atoms with Crippen LogP contribution < -0.4 is 5.73 Å². The van der Waals surface area contributed by atoms with Crippen LogP contribution in [0.2, 0.25) is 0 Å². The molecular formula is C14H15FN4O. The Morgan fingerprint density at radius 1 is 1.50 bits per heavy atom. The smallest absolute Gasteiger partial charge is 0.145 e. The lowest BCUT2D eigenvalue weighted by atomic mass is 9.91. The Hall–Kier alpha value is -2.37. The predicted molar refractivity (Wildman–Crippen MR) is 74.9 cm³/mol. The van der Waals surface area contributed by atoms with E-state index in [9.17, 15) is 9.50 Å². The van der Waals surface area contributed by atoms with Gasteiger partial charge in [0.15, 0.2) is 0 Å². The maximum Gasteiger partial charge on any atom is 0.145 e. The van der Waals surface area contributed by atoms with Crippen LogP contribution in [0.5, 0.6) is 0 Å². The number of aromatic nitrogens is 3. The van der Waals surface area contributed by atoms with Gasteiger partial charge in [-0.3, -0.25) is 0 Å². The Kier molecular flexibility index (Phi) is 2.93. The fourth-order valence-corrected chi connectivity index (χ4v) is 2.64. The van der Waals surface area contributed by atoms with E-state index in [1.165, 1.54) is 12.4 Å². The first-order chi connectivity index (χ1) is 9.60. The summed E-state index contributed by atoms with van der Waals surface area (Å²) in [7, 11) is 0. The second-order valence-electron chi connectivity index (χ2n) is 4.83. The molecule has 0 aliphatic heterocycles. The Bertz CT molecular complexity index is 732. The number of nitrogens with two attached hydrogens (primary N) is 1. The Morgan fingerprint density at radius 3 is 3.00 bits per heavy atom. The van der Waals surface area contributed by atoms with Crippen LogP contribution in [0.1, 0.15) is 24.8 Å². The van der Waals surface area contributed by atoms with Gasteiger partial charge in [-0.2, -0.15) is 0 Å². The van der Waals surface area contributed by atoms with E-state index < -0.39 is 5.83 Å². The topological polar surface area (TPSA) is 77.0 Å². The number of nitrogens with zero attached hydrogens (tertiary/aromatic N) is 3. The van der Waals surface area contributed by atoms with Gasteiger partial charge in [-0.05, 0) is 18.6 Å². The number of hydrogen-bond donors (Lipinski definition) is 2. The maximum atomic E-state index is 13.5. The molecule has 1 unspecified atom stereocenters. The summed E-state index contributed by atoms with van der Waals surface area (Å²) in [6.45, 7) is 2.73. The molecule has 3 N–H and O–H groups in total. The second kappa shape index (κ2) is 4.63. The fraction of sp³-hybridized carbons (Fsp3) is 0.286. The lowest BCUT2D eigenvalue weighted by molar-refractivity contribution is 0.374. The zero-order valence-corrected chi connectivity index (χ0v) is 11.0. The highest BCUT2D eigenvalue weighted by molar-refractivity contribution is 5.90. The summed E-state index contributed by atoms with van der Waals surface area (Å²) in [6.07, 6.45) is 6.30. The summed E-state index contributed by atoms with van der Waals surface area (Å²) in [6, 6.07) is 0. The number of nitrogen functional groups attached to an aromatic ring is 1. The van der Waals surface area contributed by atoms with Crippen LogP contribution in [0.25, 0.3) is 11.0 Å². The van der Waals surface area contributed by atoms with Crippen LogP contribution >= 0.6 is 0 Å². The monoisotopic (exact) mass is 274 g/mol. The molecule has 0 saturated carbocycles. The molecule has 5 nitrogen and oxygen atoms in total. The minimum absolute atomic E-state index is 0.0304. The molecule has 20 heavy (non-hydrogen) atoms. The van der Waals surface area contributed by atoms with E-state index in [1.54, 1.807) is 0 Å². The first-order valence-corrected chi connectivity index (χ1v) is 6.46. The van der Waals surface area contributed by atoms with E-state index in [0.29, 0.717) is 12.2 Å². The molecule has 0 aromatic carbocycles. The van der Waals surface area contributed by atoms with Crippen molar-refractivity contribution < 1.29 is 9.50 Å². The molecule has 0 spiro atoms. The van der Waals surface area contributed by atoms with Crippen LogP contribution in [0, 0.1) is 0 Å². The molecule has 1 aliphatic carbocycles. The van der Waals surface area contributed by atoms with Gasteiger partial charge in [0.1, 0.15) is 23.6 Å². The van der Waals surface area contributed by atoms with Gasteiger partial charge in [0, 0.05) is 31.2 Å². The Morgan fingerprint density at radius 2 is 2.30 bits per heavy atom. The number of fused-ring (bicyclic) bond motifs is 1. The lowest BCUT2D eigenvalue weighted by Crippen LogP contribution is -2.03. The average molecular weight is 274 g/mol. The van der Waals surface area contributed by atoms with Crippen molar-refractivity contribution in [1.29, 1.82) is 0 Å². The molecule has 3 rings (SSSR count). The van der Waals surface area contributed by atoms with Gasteiger partial charge in [0.25, 0.3) is 0 Å². The highest BCUT2D eigenvalue weighted by atomic mass is 19.1.